The largest absolute Gasteiger partial charge is 0.299 e. The van der Waals surface area contributed by atoms with Crippen LogP contribution in [0.4, 0.5) is 0 Å². The van der Waals surface area contributed by atoms with Gasteiger partial charge in [0, 0.05) is 25.2 Å². The fourth-order valence-corrected chi connectivity index (χ4v) is 3.24. The van der Waals surface area contributed by atoms with Gasteiger partial charge in [-0.2, -0.15) is 0 Å². The first-order chi connectivity index (χ1) is 7.59. The third-order valence-electron chi connectivity index (χ3n) is 5.22. The highest BCUT2D eigenvalue weighted by atomic mass is 15.2. The van der Waals surface area contributed by atoms with E-state index in [0.717, 1.165) is 23.9 Å². The zero-order valence-corrected chi connectivity index (χ0v) is 11.4. The second-order valence-corrected chi connectivity index (χ2v) is 6.09. The van der Waals surface area contributed by atoms with E-state index >= 15 is 0 Å². The first-order valence-electron chi connectivity index (χ1n) is 7.07. The maximum absolute atomic E-state index is 2.68. The molecule has 94 valence electrons. The van der Waals surface area contributed by atoms with E-state index in [4.69, 9.17) is 0 Å². The van der Waals surface area contributed by atoms with Crippen LogP contribution in [-0.2, 0) is 0 Å². The van der Waals surface area contributed by atoms with Crippen LogP contribution in [0, 0.1) is 11.8 Å². The van der Waals surface area contributed by atoms with Gasteiger partial charge >= 0.3 is 0 Å². The molecule has 0 saturated carbocycles. The summed E-state index contributed by atoms with van der Waals surface area (Å²) in [6.07, 6.45) is 2.79. The van der Waals surface area contributed by atoms with Gasteiger partial charge in [0.15, 0.2) is 0 Å². The monoisotopic (exact) mass is 224 g/mol. The first kappa shape index (κ1) is 12.4. The summed E-state index contributed by atoms with van der Waals surface area (Å²) in [5.74, 6) is 1.80. The minimum absolute atomic E-state index is 0.801. The second kappa shape index (κ2) is 5.05. The van der Waals surface area contributed by atoms with Gasteiger partial charge in [-0.25, -0.2) is 0 Å². The Hall–Kier alpha value is -0.0800. The summed E-state index contributed by atoms with van der Waals surface area (Å²) in [7, 11) is 0. The van der Waals surface area contributed by atoms with Gasteiger partial charge in [-0.15, -0.1) is 0 Å². The summed E-state index contributed by atoms with van der Waals surface area (Å²) < 4.78 is 0. The molecule has 0 aliphatic carbocycles. The van der Waals surface area contributed by atoms with Crippen molar-refractivity contribution < 1.29 is 0 Å². The van der Waals surface area contributed by atoms with Crippen molar-refractivity contribution in [2.24, 2.45) is 11.8 Å². The summed E-state index contributed by atoms with van der Waals surface area (Å²) in [6.45, 7) is 14.8. The highest BCUT2D eigenvalue weighted by molar-refractivity contribution is 4.85. The Morgan fingerprint density at radius 1 is 0.750 bits per heavy atom. The zero-order valence-electron chi connectivity index (χ0n) is 11.4. The SMILES string of the molecule is CC1CCN(CCN2CCC(C)C2C)C1C. The van der Waals surface area contributed by atoms with E-state index in [-0.39, 0.29) is 0 Å². The molecular weight excluding hydrogens is 196 g/mol. The van der Waals surface area contributed by atoms with Gasteiger partial charge in [0.05, 0.1) is 0 Å². The smallest absolute Gasteiger partial charge is 0.0112 e. The highest BCUT2D eigenvalue weighted by Crippen LogP contribution is 2.25. The van der Waals surface area contributed by atoms with Crippen molar-refractivity contribution in [3.8, 4) is 0 Å². The molecule has 2 nitrogen and oxygen atoms in total. The second-order valence-electron chi connectivity index (χ2n) is 6.09. The lowest BCUT2D eigenvalue weighted by atomic mass is 10.1. The molecule has 0 aromatic carbocycles. The Morgan fingerprint density at radius 2 is 1.12 bits per heavy atom. The van der Waals surface area contributed by atoms with Crippen LogP contribution >= 0.6 is 0 Å². The van der Waals surface area contributed by atoms with Gasteiger partial charge in [0.1, 0.15) is 0 Å². The van der Waals surface area contributed by atoms with E-state index < -0.39 is 0 Å². The van der Waals surface area contributed by atoms with Gasteiger partial charge in [0.2, 0.25) is 0 Å². The van der Waals surface area contributed by atoms with Crippen LogP contribution in [0.3, 0.4) is 0 Å². The number of likely N-dealkylation sites (tertiary alicyclic amines) is 2. The maximum atomic E-state index is 2.68. The van der Waals surface area contributed by atoms with Crippen molar-refractivity contribution in [2.45, 2.75) is 52.6 Å². The molecule has 0 aromatic rings. The van der Waals surface area contributed by atoms with Gasteiger partial charge in [-0.05, 0) is 51.6 Å². The van der Waals surface area contributed by atoms with Crippen LogP contribution in [-0.4, -0.2) is 48.1 Å². The molecule has 2 heteroatoms. The lowest BCUT2D eigenvalue weighted by molar-refractivity contribution is 0.180. The van der Waals surface area contributed by atoms with Gasteiger partial charge in [-0.1, -0.05) is 13.8 Å². The summed E-state index contributed by atoms with van der Waals surface area (Å²) >= 11 is 0. The topological polar surface area (TPSA) is 6.48 Å². The number of nitrogens with zero attached hydrogens (tertiary/aromatic N) is 2. The molecule has 4 atom stereocenters. The van der Waals surface area contributed by atoms with Crippen LogP contribution in [0.15, 0.2) is 0 Å². The van der Waals surface area contributed by atoms with E-state index in [1.165, 1.54) is 39.0 Å². The molecule has 16 heavy (non-hydrogen) atoms. The van der Waals surface area contributed by atoms with Crippen molar-refractivity contribution in [3.05, 3.63) is 0 Å². The summed E-state index contributed by atoms with van der Waals surface area (Å²) in [5.41, 5.74) is 0. The normalized spacial score (nSPS) is 42.0. The molecule has 0 N–H and O–H groups in total. The Labute approximate surface area is 101 Å². The van der Waals surface area contributed by atoms with Gasteiger partial charge < -0.3 is 0 Å². The quantitative estimate of drug-likeness (QED) is 0.726. The molecule has 0 bridgehead atoms. The Morgan fingerprint density at radius 3 is 1.38 bits per heavy atom. The summed E-state index contributed by atoms with van der Waals surface area (Å²) in [6, 6.07) is 1.60. The lowest BCUT2D eigenvalue weighted by Crippen LogP contribution is -2.39. The predicted molar refractivity (Wildman–Crippen MR) is 69.6 cm³/mol. The van der Waals surface area contributed by atoms with Crippen molar-refractivity contribution in [3.63, 3.8) is 0 Å². The predicted octanol–water partition coefficient (Wildman–Crippen LogP) is 2.45. The fraction of sp³-hybridized carbons (Fsp3) is 1.00. The number of hydrogen-bond acceptors (Lipinski definition) is 2. The van der Waals surface area contributed by atoms with Crippen molar-refractivity contribution in [1.82, 2.24) is 9.80 Å². The number of rotatable bonds is 3. The molecule has 2 aliphatic heterocycles. The molecule has 4 unspecified atom stereocenters. The fourth-order valence-electron chi connectivity index (χ4n) is 3.24. The molecule has 2 rings (SSSR count). The molecule has 2 saturated heterocycles. The van der Waals surface area contributed by atoms with Crippen molar-refractivity contribution >= 4 is 0 Å². The third kappa shape index (κ3) is 2.43. The Bertz CT molecular complexity index is 205. The zero-order chi connectivity index (χ0) is 11.7. The Kier molecular flexibility index (Phi) is 3.91. The van der Waals surface area contributed by atoms with E-state index in [2.05, 4.69) is 37.5 Å². The molecule has 2 heterocycles. The lowest BCUT2D eigenvalue weighted by Gasteiger charge is -2.28. The maximum Gasteiger partial charge on any atom is 0.0112 e. The molecule has 0 spiro atoms. The average Bonchev–Trinajstić information content (AvgIpc) is 2.74. The minimum atomic E-state index is 0.801. The molecule has 2 fully saturated rings. The summed E-state index contributed by atoms with van der Waals surface area (Å²) in [4.78, 5) is 5.36. The van der Waals surface area contributed by atoms with E-state index in [9.17, 15) is 0 Å². The van der Waals surface area contributed by atoms with E-state index in [0.29, 0.717) is 0 Å². The highest BCUT2D eigenvalue weighted by Gasteiger charge is 2.30. The van der Waals surface area contributed by atoms with Crippen molar-refractivity contribution in [2.75, 3.05) is 26.2 Å². The molecule has 0 aromatic heterocycles. The van der Waals surface area contributed by atoms with E-state index in [1.807, 2.05) is 0 Å². The standard InChI is InChI=1S/C14H28N2/c1-11-5-7-15(13(11)3)9-10-16-8-6-12(2)14(16)4/h11-14H,5-10H2,1-4H3. The molecule has 0 radical (unpaired) electrons. The minimum Gasteiger partial charge on any atom is -0.299 e. The van der Waals surface area contributed by atoms with Gasteiger partial charge in [-0.3, -0.25) is 9.80 Å². The van der Waals surface area contributed by atoms with Crippen LogP contribution in [0.1, 0.15) is 40.5 Å². The summed E-state index contributed by atoms with van der Waals surface area (Å²) in [5, 5.41) is 0. The van der Waals surface area contributed by atoms with Crippen LogP contribution in [0.2, 0.25) is 0 Å². The van der Waals surface area contributed by atoms with E-state index in [1.54, 1.807) is 0 Å². The Balaban J connectivity index is 1.76. The van der Waals surface area contributed by atoms with Crippen LogP contribution < -0.4 is 0 Å². The first-order valence-corrected chi connectivity index (χ1v) is 7.07. The number of hydrogen-bond donors (Lipinski definition) is 0. The molecule has 0 amide bonds. The third-order valence-corrected chi connectivity index (χ3v) is 5.22. The van der Waals surface area contributed by atoms with Crippen LogP contribution in [0.25, 0.3) is 0 Å². The average molecular weight is 224 g/mol. The van der Waals surface area contributed by atoms with Crippen molar-refractivity contribution in [1.29, 1.82) is 0 Å². The van der Waals surface area contributed by atoms with Gasteiger partial charge in [0.25, 0.3) is 0 Å². The van der Waals surface area contributed by atoms with Crippen LogP contribution in [0.5, 0.6) is 0 Å². The molecule has 2 aliphatic rings. The molecular formula is C14H28N2.